The first-order valence-electron chi connectivity index (χ1n) is 10.9. The minimum Gasteiger partial charge on any atom is -0.460 e. The highest BCUT2D eigenvalue weighted by molar-refractivity contribution is 7.92. The molecule has 0 fully saturated rings. The van der Waals surface area contributed by atoms with Crippen LogP contribution in [0.1, 0.15) is 38.5 Å². The molecule has 1 atom stereocenters. The highest BCUT2D eigenvalue weighted by Gasteiger charge is 2.32. The minimum absolute atomic E-state index is 0.0186. The van der Waals surface area contributed by atoms with Gasteiger partial charge in [-0.15, -0.1) is 0 Å². The van der Waals surface area contributed by atoms with Crippen LogP contribution in [0.25, 0.3) is 21.7 Å². The molecule has 0 aliphatic heterocycles. The summed E-state index contributed by atoms with van der Waals surface area (Å²) in [6, 6.07) is 14.4. The van der Waals surface area contributed by atoms with Crippen molar-refractivity contribution in [1.29, 1.82) is 0 Å². The van der Waals surface area contributed by atoms with E-state index in [1.165, 1.54) is 17.7 Å². The highest BCUT2D eigenvalue weighted by Crippen LogP contribution is 2.44. The molecule has 1 N–H and O–H groups in total. The van der Waals surface area contributed by atoms with Crippen LogP contribution < -0.4 is 4.72 Å². The lowest BCUT2D eigenvalue weighted by atomic mass is 9.71. The monoisotopic (exact) mass is 451 g/mol. The minimum atomic E-state index is -3.88. The average Bonchev–Trinajstić information content (AvgIpc) is 3.11. The molecule has 32 heavy (non-hydrogen) atoms. The van der Waals surface area contributed by atoms with E-state index < -0.39 is 15.8 Å². The van der Waals surface area contributed by atoms with Gasteiger partial charge in [0.25, 0.3) is 10.0 Å². The molecule has 1 aromatic heterocycles. The zero-order chi connectivity index (χ0) is 22.7. The number of halogens is 1. The van der Waals surface area contributed by atoms with Crippen molar-refractivity contribution in [2.45, 2.75) is 44.9 Å². The van der Waals surface area contributed by atoms with Gasteiger partial charge >= 0.3 is 0 Å². The second kappa shape index (κ2) is 7.34. The number of anilines is 1. The number of nitrogens with one attached hydrogen (secondary N) is 1. The van der Waals surface area contributed by atoms with Gasteiger partial charge in [0.1, 0.15) is 17.2 Å². The lowest BCUT2D eigenvalue weighted by molar-refractivity contribution is 0.210. The lowest BCUT2D eigenvalue weighted by Crippen LogP contribution is -2.26. The fourth-order valence-electron chi connectivity index (χ4n) is 4.74. The quantitative estimate of drug-likeness (QED) is 0.378. The number of hydrogen-bond donors (Lipinski definition) is 1. The third-order valence-corrected chi connectivity index (χ3v) is 8.03. The van der Waals surface area contributed by atoms with Crippen molar-refractivity contribution < 1.29 is 17.2 Å². The molecule has 1 aliphatic rings. The fraction of sp³-hybridized carbons (Fsp3) is 0.308. The SMILES string of the molecule is CC(C)(C)[C@H]1CCc2oc3c(cc(NS(=O)(=O)c4ccc(F)cc4)c4ccccc43)c2C1. The summed E-state index contributed by atoms with van der Waals surface area (Å²) in [6.45, 7) is 6.80. The molecule has 166 valence electrons. The zero-order valence-corrected chi connectivity index (χ0v) is 19.2. The van der Waals surface area contributed by atoms with Gasteiger partial charge in [-0.1, -0.05) is 45.0 Å². The van der Waals surface area contributed by atoms with E-state index in [9.17, 15) is 12.8 Å². The van der Waals surface area contributed by atoms with Gasteiger partial charge in [-0.3, -0.25) is 4.72 Å². The molecule has 0 radical (unpaired) electrons. The van der Waals surface area contributed by atoms with Crippen LogP contribution in [0.4, 0.5) is 10.1 Å². The smallest absolute Gasteiger partial charge is 0.261 e. The Kier molecular flexibility index (Phi) is 4.82. The van der Waals surface area contributed by atoms with E-state index in [4.69, 9.17) is 4.42 Å². The number of sulfonamides is 1. The molecule has 4 nitrogen and oxygen atoms in total. The van der Waals surface area contributed by atoms with Gasteiger partial charge in [0.05, 0.1) is 10.6 Å². The molecule has 0 saturated carbocycles. The number of rotatable bonds is 3. The Labute approximate surface area is 187 Å². The molecule has 0 bridgehead atoms. The standard InChI is InChI=1S/C26H26FNO3S/c1-26(2,3)16-8-13-24-21(14-16)22-15-23(19-6-4-5-7-20(19)25(22)31-24)28-32(29,30)18-11-9-17(27)10-12-18/h4-7,9-12,15-16,28H,8,13-14H2,1-3H3/t16-/m0/s1. The first-order chi connectivity index (χ1) is 15.1. The van der Waals surface area contributed by atoms with Crippen LogP contribution in [-0.2, 0) is 22.9 Å². The van der Waals surface area contributed by atoms with Crippen molar-refractivity contribution in [1.82, 2.24) is 0 Å². The molecule has 0 unspecified atom stereocenters. The molecule has 0 spiro atoms. The van der Waals surface area contributed by atoms with Crippen LogP contribution >= 0.6 is 0 Å². The molecular formula is C26H26FNO3S. The van der Waals surface area contributed by atoms with Crippen LogP contribution in [-0.4, -0.2) is 8.42 Å². The molecule has 5 rings (SSSR count). The van der Waals surface area contributed by atoms with Crippen LogP contribution in [0.3, 0.4) is 0 Å². The Morgan fingerprint density at radius 3 is 2.38 bits per heavy atom. The van der Waals surface area contributed by atoms with Gasteiger partial charge in [-0.25, -0.2) is 12.8 Å². The third-order valence-electron chi connectivity index (χ3n) is 6.65. The van der Waals surface area contributed by atoms with E-state index in [2.05, 4.69) is 25.5 Å². The van der Waals surface area contributed by atoms with Crippen molar-refractivity contribution in [3.63, 3.8) is 0 Å². The van der Waals surface area contributed by atoms with Crippen LogP contribution in [0.2, 0.25) is 0 Å². The summed E-state index contributed by atoms with van der Waals surface area (Å²) in [7, 11) is -3.88. The summed E-state index contributed by atoms with van der Waals surface area (Å²) in [4.78, 5) is 0.0186. The maximum absolute atomic E-state index is 13.3. The molecule has 1 heterocycles. The Hall–Kier alpha value is -2.86. The Morgan fingerprint density at radius 1 is 1.00 bits per heavy atom. The topological polar surface area (TPSA) is 59.3 Å². The second-order valence-corrected chi connectivity index (χ2v) is 11.4. The van der Waals surface area contributed by atoms with Gasteiger partial charge in [0.15, 0.2) is 0 Å². The van der Waals surface area contributed by atoms with Crippen molar-refractivity contribution in [3.8, 4) is 0 Å². The van der Waals surface area contributed by atoms with Crippen molar-refractivity contribution in [2.24, 2.45) is 11.3 Å². The van der Waals surface area contributed by atoms with E-state index in [-0.39, 0.29) is 10.3 Å². The molecule has 1 aliphatic carbocycles. The number of hydrogen-bond acceptors (Lipinski definition) is 3. The number of furan rings is 1. The van der Waals surface area contributed by atoms with Crippen molar-refractivity contribution >= 4 is 37.5 Å². The first-order valence-corrected chi connectivity index (χ1v) is 12.4. The van der Waals surface area contributed by atoms with Gasteiger partial charge in [0, 0.05) is 28.1 Å². The molecule has 6 heteroatoms. The van der Waals surface area contributed by atoms with E-state index >= 15 is 0 Å². The van der Waals surface area contributed by atoms with E-state index in [0.29, 0.717) is 11.6 Å². The Bertz CT molecular complexity index is 1430. The average molecular weight is 452 g/mol. The summed E-state index contributed by atoms with van der Waals surface area (Å²) in [5.74, 6) is 1.06. The second-order valence-electron chi connectivity index (χ2n) is 9.72. The molecule has 3 aromatic carbocycles. The molecule has 0 saturated heterocycles. The van der Waals surface area contributed by atoms with E-state index in [0.717, 1.165) is 58.9 Å². The fourth-order valence-corrected chi connectivity index (χ4v) is 5.81. The first kappa shape index (κ1) is 21.0. The number of aryl methyl sites for hydroxylation is 1. The Morgan fingerprint density at radius 2 is 1.69 bits per heavy atom. The van der Waals surface area contributed by atoms with Crippen molar-refractivity contribution in [3.05, 3.63) is 71.7 Å². The lowest BCUT2D eigenvalue weighted by Gasteiger charge is -2.33. The molecular weight excluding hydrogens is 425 g/mol. The predicted octanol–water partition coefficient (Wildman–Crippen LogP) is 6.68. The summed E-state index contributed by atoms with van der Waals surface area (Å²) in [6.07, 6.45) is 2.88. The van der Waals surface area contributed by atoms with Crippen LogP contribution in [0.5, 0.6) is 0 Å². The van der Waals surface area contributed by atoms with E-state index in [1.54, 1.807) is 0 Å². The number of fused-ring (bicyclic) bond motifs is 5. The third kappa shape index (κ3) is 3.56. The summed E-state index contributed by atoms with van der Waals surface area (Å²) < 4.78 is 48.5. The summed E-state index contributed by atoms with van der Waals surface area (Å²) in [5.41, 5.74) is 2.67. The highest BCUT2D eigenvalue weighted by atomic mass is 32.2. The van der Waals surface area contributed by atoms with Crippen molar-refractivity contribution in [2.75, 3.05) is 4.72 Å². The normalized spacial score (nSPS) is 16.9. The van der Waals surface area contributed by atoms with Crippen LogP contribution in [0, 0.1) is 17.2 Å². The van der Waals surface area contributed by atoms with Gasteiger partial charge in [0.2, 0.25) is 0 Å². The summed E-state index contributed by atoms with van der Waals surface area (Å²) >= 11 is 0. The molecule has 0 amide bonds. The number of benzene rings is 3. The maximum atomic E-state index is 13.3. The maximum Gasteiger partial charge on any atom is 0.261 e. The largest absolute Gasteiger partial charge is 0.460 e. The zero-order valence-electron chi connectivity index (χ0n) is 18.4. The van der Waals surface area contributed by atoms with Gasteiger partial charge in [-0.2, -0.15) is 0 Å². The predicted molar refractivity (Wildman–Crippen MR) is 126 cm³/mol. The van der Waals surface area contributed by atoms with E-state index in [1.807, 2.05) is 30.3 Å². The molecule has 4 aromatic rings. The van der Waals surface area contributed by atoms with Gasteiger partial charge in [-0.05, 0) is 54.5 Å². The summed E-state index contributed by atoms with van der Waals surface area (Å²) in [5, 5.41) is 2.61. The van der Waals surface area contributed by atoms with Gasteiger partial charge < -0.3 is 4.42 Å². The van der Waals surface area contributed by atoms with Crippen LogP contribution in [0.15, 0.2) is 63.9 Å². The Balaban J connectivity index is 1.67.